The van der Waals surface area contributed by atoms with Crippen LogP contribution in [0.4, 0.5) is 0 Å². The standard InChI is InChI=1S/C19H15ClN4OS/c1-12(17-22-16-5-3-2-4-15(16)18(25)23-17)26-19-21-10-11-24(19)14-8-6-13(20)7-9-14/h2-12H,1H3,(H,22,23,25)/t12-/m1/s1. The molecule has 4 aromatic rings. The normalized spacial score (nSPS) is 12.4. The van der Waals surface area contributed by atoms with Gasteiger partial charge in [-0.2, -0.15) is 0 Å². The summed E-state index contributed by atoms with van der Waals surface area (Å²) in [6, 6.07) is 14.9. The minimum absolute atomic E-state index is 0.0687. The maximum Gasteiger partial charge on any atom is 0.258 e. The number of aromatic nitrogens is 4. The Kier molecular flexibility index (Phi) is 4.53. The number of imidazole rings is 1. The third-order valence-corrected chi connectivity index (χ3v) is 5.35. The Labute approximate surface area is 159 Å². The Morgan fingerprint density at radius 1 is 1.15 bits per heavy atom. The predicted octanol–water partition coefficient (Wildman–Crippen LogP) is 4.62. The van der Waals surface area contributed by atoms with E-state index in [0.717, 1.165) is 10.8 Å². The number of para-hydroxylation sites is 1. The van der Waals surface area contributed by atoms with Crippen LogP contribution in [-0.2, 0) is 0 Å². The number of benzene rings is 2. The fourth-order valence-corrected chi connectivity index (χ4v) is 3.75. The molecule has 7 heteroatoms. The highest BCUT2D eigenvalue weighted by atomic mass is 35.5. The van der Waals surface area contributed by atoms with E-state index in [-0.39, 0.29) is 10.8 Å². The molecule has 1 N–H and O–H groups in total. The topological polar surface area (TPSA) is 63.6 Å². The van der Waals surface area contributed by atoms with Gasteiger partial charge in [-0.3, -0.25) is 9.36 Å². The van der Waals surface area contributed by atoms with Crippen LogP contribution in [0.3, 0.4) is 0 Å². The number of fused-ring (bicyclic) bond motifs is 1. The van der Waals surface area contributed by atoms with Crippen molar-refractivity contribution < 1.29 is 0 Å². The van der Waals surface area contributed by atoms with Gasteiger partial charge in [-0.1, -0.05) is 35.5 Å². The number of nitrogens with one attached hydrogen (secondary N) is 1. The average Bonchev–Trinajstić information content (AvgIpc) is 3.10. The first-order valence-electron chi connectivity index (χ1n) is 8.07. The van der Waals surface area contributed by atoms with Gasteiger partial charge in [0.15, 0.2) is 5.16 Å². The van der Waals surface area contributed by atoms with Gasteiger partial charge in [-0.15, -0.1) is 0 Å². The van der Waals surface area contributed by atoms with Crippen molar-refractivity contribution in [3.05, 3.63) is 82.1 Å². The first-order valence-corrected chi connectivity index (χ1v) is 9.32. The molecule has 5 nitrogen and oxygen atoms in total. The third kappa shape index (κ3) is 3.25. The van der Waals surface area contributed by atoms with Gasteiger partial charge in [0, 0.05) is 23.1 Å². The molecule has 0 saturated carbocycles. The zero-order valence-electron chi connectivity index (χ0n) is 13.9. The van der Waals surface area contributed by atoms with Crippen molar-refractivity contribution in [2.45, 2.75) is 17.3 Å². The molecule has 2 aromatic carbocycles. The number of halogens is 1. The lowest BCUT2D eigenvalue weighted by Crippen LogP contribution is -2.13. The summed E-state index contributed by atoms with van der Waals surface area (Å²) in [5, 5.41) is 2.03. The summed E-state index contributed by atoms with van der Waals surface area (Å²) in [6.45, 7) is 2.00. The molecular weight excluding hydrogens is 368 g/mol. The Hall–Kier alpha value is -2.57. The molecule has 2 aromatic heterocycles. The number of hydrogen-bond donors (Lipinski definition) is 1. The van der Waals surface area contributed by atoms with E-state index in [4.69, 9.17) is 11.6 Å². The van der Waals surface area contributed by atoms with Gasteiger partial charge in [-0.25, -0.2) is 9.97 Å². The van der Waals surface area contributed by atoms with E-state index < -0.39 is 0 Å². The Morgan fingerprint density at radius 2 is 1.92 bits per heavy atom. The van der Waals surface area contributed by atoms with Crippen LogP contribution in [0.25, 0.3) is 16.6 Å². The van der Waals surface area contributed by atoms with Crippen molar-refractivity contribution in [2.75, 3.05) is 0 Å². The lowest BCUT2D eigenvalue weighted by molar-refractivity contribution is 0.869. The van der Waals surface area contributed by atoms with Crippen molar-refractivity contribution >= 4 is 34.3 Å². The molecule has 0 bridgehead atoms. The zero-order valence-corrected chi connectivity index (χ0v) is 15.5. The molecule has 0 aliphatic rings. The number of aromatic amines is 1. The summed E-state index contributed by atoms with van der Waals surface area (Å²) in [5.74, 6) is 0.629. The maximum atomic E-state index is 12.3. The molecule has 0 aliphatic heterocycles. The third-order valence-electron chi connectivity index (χ3n) is 4.01. The summed E-state index contributed by atoms with van der Waals surface area (Å²) in [4.78, 5) is 24.2. The van der Waals surface area contributed by atoms with E-state index in [2.05, 4.69) is 15.0 Å². The largest absolute Gasteiger partial charge is 0.309 e. The Morgan fingerprint density at radius 3 is 2.73 bits per heavy atom. The van der Waals surface area contributed by atoms with Crippen molar-refractivity contribution in [1.29, 1.82) is 0 Å². The fourth-order valence-electron chi connectivity index (χ4n) is 2.69. The number of rotatable bonds is 4. The summed E-state index contributed by atoms with van der Waals surface area (Å²) >= 11 is 7.50. The zero-order chi connectivity index (χ0) is 18.1. The second-order valence-corrected chi connectivity index (χ2v) is 7.53. The molecule has 0 amide bonds. The van der Waals surface area contributed by atoms with Crippen LogP contribution < -0.4 is 5.56 Å². The van der Waals surface area contributed by atoms with Crippen LogP contribution in [0.15, 0.2) is 70.9 Å². The minimum atomic E-state index is -0.126. The van der Waals surface area contributed by atoms with Gasteiger partial charge < -0.3 is 4.98 Å². The second-order valence-electron chi connectivity index (χ2n) is 5.78. The van der Waals surface area contributed by atoms with Gasteiger partial charge in [0.05, 0.1) is 16.2 Å². The summed E-state index contributed by atoms with van der Waals surface area (Å²) in [5.41, 5.74) is 1.54. The second kappa shape index (κ2) is 6.97. The molecule has 1 atom stereocenters. The summed E-state index contributed by atoms with van der Waals surface area (Å²) in [7, 11) is 0. The smallest absolute Gasteiger partial charge is 0.258 e. The fraction of sp³-hybridized carbons (Fsp3) is 0.105. The van der Waals surface area contributed by atoms with Crippen molar-refractivity contribution in [3.63, 3.8) is 0 Å². The SMILES string of the molecule is C[C@@H](Sc1nccn1-c1ccc(Cl)cc1)c1nc2ccccc2c(=O)[nH]1. The van der Waals surface area contributed by atoms with E-state index in [1.807, 2.05) is 60.2 Å². The highest BCUT2D eigenvalue weighted by Gasteiger charge is 2.16. The molecule has 130 valence electrons. The molecular formula is C19H15ClN4OS. The van der Waals surface area contributed by atoms with Crippen molar-refractivity contribution in [1.82, 2.24) is 19.5 Å². The number of H-pyrrole nitrogens is 1. The van der Waals surface area contributed by atoms with Crippen molar-refractivity contribution in [2.24, 2.45) is 0 Å². The van der Waals surface area contributed by atoms with Crippen LogP contribution in [0.2, 0.25) is 5.02 Å². The number of thioether (sulfide) groups is 1. The molecule has 4 rings (SSSR count). The Balaban J connectivity index is 1.65. The first-order chi connectivity index (χ1) is 12.6. The molecule has 0 fully saturated rings. The van der Waals surface area contributed by atoms with E-state index in [1.54, 1.807) is 12.3 Å². The summed E-state index contributed by atoms with van der Waals surface area (Å²) in [6.07, 6.45) is 3.65. The first kappa shape index (κ1) is 16.9. The highest BCUT2D eigenvalue weighted by Crippen LogP contribution is 2.33. The molecule has 0 aliphatic carbocycles. The number of nitrogens with zero attached hydrogens (tertiary/aromatic N) is 3. The van der Waals surface area contributed by atoms with Gasteiger partial charge in [0.2, 0.25) is 0 Å². The maximum absolute atomic E-state index is 12.3. The van der Waals surface area contributed by atoms with E-state index in [9.17, 15) is 4.79 Å². The Bertz CT molecular complexity index is 1120. The minimum Gasteiger partial charge on any atom is -0.309 e. The van der Waals surface area contributed by atoms with Crippen molar-refractivity contribution in [3.8, 4) is 5.69 Å². The lowest BCUT2D eigenvalue weighted by Gasteiger charge is -2.13. The number of hydrogen-bond acceptors (Lipinski definition) is 4. The molecule has 2 heterocycles. The molecule has 0 unspecified atom stereocenters. The van der Waals surface area contributed by atoms with E-state index in [1.165, 1.54) is 11.8 Å². The quantitative estimate of drug-likeness (QED) is 0.523. The molecule has 0 spiro atoms. The highest BCUT2D eigenvalue weighted by molar-refractivity contribution is 7.99. The van der Waals surface area contributed by atoms with Crippen LogP contribution in [-0.4, -0.2) is 19.5 Å². The summed E-state index contributed by atoms with van der Waals surface area (Å²) < 4.78 is 1.98. The van der Waals surface area contributed by atoms with Gasteiger partial charge in [-0.05, 0) is 43.3 Å². The van der Waals surface area contributed by atoms with Gasteiger partial charge in [0.25, 0.3) is 5.56 Å². The average molecular weight is 383 g/mol. The molecule has 0 radical (unpaired) electrons. The predicted molar refractivity (Wildman–Crippen MR) is 105 cm³/mol. The van der Waals surface area contributed by atoms with Crippen LogP contribution in [0.1, 0.15) is 18.0 Å². The lowest BCUT2D eigenvalue weighted by atomic mass is 10.2. The van der Waals surface area contributed by atoms with E-state index in [0.29, 0.717) is 21.7 Å². The monoisotopic (exact) mass is 382 g/mol. The van der Waals surface area contributed by atoms with Crippen LogP contribution in [0.5, 0.6) is 0 Å². The van der Waals surface area contributed by atoms with Crippen LogP contribution in [0, 0.1) is 0 Å². The molecule has 26 heavy (non-hydrogen) atoms. The van der Waals surface area contributed by atoms with Gasteiger partial charge >= 0.3 is 0 Å². The van der Waals surface area contributed by atoms with E-state index >= 15 is 0 Å². The molecule has 0 saturated heterocycles. The van der Waals surface area contributed by atoms with Gasteiger partial charge in [0.1, 0.15) is 5.82 Å². The van der Waals surface area contributed by atoms with Crippen LogP contribution >= 0.6 is 23.4 Å².